The van der Waals surface area contributed by atoms with Crippen molar-refractivity contribution < 1.29 is 27.2 Å². The molecular formula is C26H29F4N5O2. The molecule has 1 aromatic heterocycles. The van der Waals surface area contributed by atoms with E-state index in [1.165, 1.54) is 12.1 Å². The molecule has 11 heteroatoms. The number of nitrogens with zero attached hydrogens (tertiary/aromatic N) is 2. The molecule has 1 saturated carbocycles. The Morgan fingerprint density at radius 2 is 2.03 bits per heavy atom. The van der Waals surface area contributed by atoms with Crippen molar-refractivity contribution in [3.8, 4) is 0 Å². The number of benzene rings is 1. The second-order valence-electron chi connectivity index (χ2n) is 9.59. The number of nitrogens with one attached hydrogen (secondary N) is 2. The van der Waals surface area contributed by atoms with Crippen molar-refractivity contribution in [2.24, 2.45) is 17.6 Å². The fourth-order valence-electron chi connectivity index (χ4n) is 4.56. The van der Waals surface area contributed by atoms with Crippen LogP contribution in [-0.4, -0.2) is 66.8 Å². The van der Waals surface area contributed by atoms with Crippen LogP contribution >= 0.6 is 0 Å². The molecule has 0 bridgehead atoms. The summed E-state index contributed by atoms with van der Waals surface area (Å²) in [5.41, 5.74) is 4.51. The van der Waals surface area contributed by atoms with Crippen LogP contribution in [0.3, 0.4) is 0 Å². The lowest BCUT2D eigenvalue weighted by atomic mass is 9.99. The largest absolute Gasteiger partial charge is 0.417 e. The summed E-state index contributed by atoms with van der Waals surface area (Å²) >= 11 is 0. The highest BCUT2D eigenvalue weighted by Gasteiger charge is 2.46. The number of allylic oxidation sites excluding steroid dienone is 1. The summed E-state index contributed by atoms with van der Waals surface area (Å²) in [5.74, 6) is -1.73. The Morgan fingerprint density at radius 1 is 1.27 bits per heavy atom. The molecule has 198 valence electrons. The van der Waals surface area contributed by atoms with E-state index in [-0.39, 0.29) is 35.8 Å². The number of nitrogens with two attached hydrogens (primary N) is 1. The summed E-state index contributed by atoms with van der Waals surface area (Å²) < 4.78 is 55.5. The number of pyridine rings is 1. The van der Waals surface area contributed by atoms with Gasteiger partial charge >= 0.3 is 6.18 Å². The number of hydrogen-bond donors (Lipinski definition) is 3. The maximum absolute atomic E-state index is 14.7. The second-order valence-corrected chi connectivity index (χ2v) is 9.59. The Hall–Kier alpha value is -3.47. The molecule has 1 aliphatic carbocycles. The van der Waals surface area contributed by atoms with Crippen molar-refractivity contribution >= 4 is 39.9 Å². The minimum Gasteiger partial charge on any atom is -0.379 e. The monoisotopic (exact) mass is 519 g/mol. The highest BCUT2D eigenvalue weighted by Crippen LogP contribution is 2.39. The third-order valence-corrected chi connectivity index (χ3v) is 6.78. The van der Waals surface area contributed by atoms with Gasteiger partial charge in [0, 0.05) is 36.1 Å². The molecule has 2 aliphatic rings. The number of amides is 2. The summed E-state index contributed by atoms with van der Waals surface area (Å²) in [6.45, 7) is 4.28. The number of piperidine rings is 1. The summed E-state index contributed by atoms with van der Waals surface area (Å²) in [6, 6.07) is 5.97. The summed E-state index contributed by atoms with van der Waals surface area (Å²) in [6.07, 6.45) is -1.82. The van der Waals surface area contributed by atoms with Crippen LogP contribution < -0.4 is 16.4 Å². The van der Waals surface area contributed by atoms with Gasteiger partial charge in [-0.25, -0.2) is 9.37 Å². The van der Waals surface area contributed by atoms with E-state index in [1.54, 1.807) is 24.3 Å². The minimum absolute atomic E-state index is 0.0924. The van der Waals surface area contributed by atoms with Crippen LogP contribution in [0.15, 0.2) is 36.9 Å². The lowest BCUT2D eigenvalue weighted by Crippen LogP contribution is -2.46. The van der Waals surface area contributed by atoms with Crippen molar-refractivity contribution in [3.63, 3.8) is 0 Å². The van der Waals surface area contributed by atoms with Gasteiger partial charge in [-0.1, -0.05) is 24.8 Å². The van der Waals surface area contributed by atoms with Crippen molar-refractivity contribution in [1.82, 2.24) is 15.2 Å². The molecule has 4 rings (SSSR count). The highest BCUT2D eigenvalue weighted by molar-refractivity contribution is 6.01. The van der Waals surface area contributed by atoms with E-state index in [1.807, 2.05) is 11.9 Å². The zero-order valence-electron chi connectivity index (χ0n) is 20.3. The van der Waals surface area contributed by atoms with Crippen molar-refractivity contribution in [3.05, 3.63) is 48.3 Å². The van der Waals surface area contributed by atoms with Gasteiger partial charge < -0.3 is 21.3 Å². The topological polar surface area (TPSA) is 100 Å². The molecule has 2 aromatic rings. The highest BCUT2D eigenvalue weighted by atomic mass is 19.4. The third kappa shape index (κ3) is 6.10. The Kier molecular flexibility index (Phi) is 7.54. The van der Waals surface area contributed by atoms with E-state index < -0.39 is 41.7 Å². The molecule has 1 aliphatic heterocycles. The SMILES string of the molecule is C=C(c1nc(/C=C/CNC(=O)[C@@H]2C[C@@H]2C(N)=O)cc2c(N[C@@H]3CCN(C)C[C@@H]3F)cccc12)C(F)(F)F. The first-order valence-corrected chi connectivity index (χ1v) is 12.0. The van der Waals surface area contributed by atoms with Gasteiger partial charge in [-0.05, 0) is 38.1 Å². The molecule has 2 amide bonds. The number of hydrogen-bond acceptors (Lipinski definition) is 5. The number of aromatic nitrogens is 1. The van der Waals surface area contributed by atoms with Crippen LogP contribution in [-0.2, 0) is 9.59 Å². The number of rotatable bonds is 8. The van der Waals surface area contributed by atoms with Gasteiger partial charge in [-0.15, -0.1) is 0 Å². The van der Waals surface area contributed by atoms with Crippen LogP contribution in [0.2, 0.25) is 0 Å². The van der Waals surface area contributed by atoms with Gasteiger partial charge in [0.05, 0.1) is 34.8 Å². The van der Waals surface area contributed by atoms with E-state index in [9.17, 15) is 27.2 Å². The van der Waals surface area contributed by atoms with Crippen LogP contribution in [0.25, 0.3) is 22.4 Å². The van der Waals surface area contributed by atoms with Gasteiger partial charge in [0.1, 0.15) is 6.17 Å². The molecular weight excluding hydrogens is 490 g/mol. The van der Waals surface area contributed by atoms with Crippen LogP contribution in [0.5, 0.6) is 0 Å². The van der Waals surface area contributed by atoms with Crippen molar-refractivity contribution in [2.45, 2.75) is 31.2 Å². The number of anilines is 1. The van der Waals surface area contributed by atoms with Crippen LogP contribution in [0.4, 0.5) is 23.2 Å². The van der Waals surface area contributed by atoms with Crippen molar-refractivity contribution in [2.75, 3.05) is 32.0 Å². The standard InChI is InChI=1S/C26H29F4N5O2/c1-14(26(28,29)30)23-16-6-3-7-21(34-22-8-10-35(2)13-20(22)27)17(16)11-15(33-23)5-4-9-32-25(37)19-12-18(19)24(31)36/h3-7,11,18-20,22,34H,1,8-10,12-13H2,2H3,(H2,31,36)(H,32,37)/b5-4+/t18-,19+,20-,22+/m0/s1. The van der Waals surface area contributed by atoms with Gasteiger partial charge in [0.15, 0.2) is 0 Å². The van der Waals surface area contributed by atoms with E-state index in [2.05, 4.69) is 22.2 Å². The van der Waals surface area contributed by atoms with E-state index in [0.717, 1.165) is 0 Å². The van der Waals surface area contributed by atoms with E-state index >= 15 is 0 Å². The van der Waals surface area contributed by atoms with E-state index in [0.29, 0.717) is 30.5 Å². The molecule has 0 radical (unpaired) electrons. The van der Waals surface area contributed by atoms with Gasteiger partial charge in [0.25, 0.3) is 0 Å². The first-order valence-electron chi connectivity index (χ1n) is 12.0. The molecule has 1 aromatic carbocycles. The van der Waals surface area contributed by atoms with Crippen molar-refractivity contribution in [1.29, 1.82) is 0 Å². The Bertz CT molecular complexity index is 1250. The molecule has 0 spiro atoms. The molecule has 0 unspecified atom stereocenters. The number of carbonyl (C=O) groups excluding carboxylic acids is 2. The molecule has 4 atom stereocenters. The fraction of sp³-hybridized carbons (Fsp3) is 0.423. The molecule has 4 N–H and O–H groups in total. The number of primary amides is 1. The summed E-state index contributed by atoms with van der Waals surface area (Å²) in [7, 11) is 1.84. The van der Waals surface area contributed by atoms with Gasteiger partial charge in [0.2, 0.25) is 11.8 Å². The lowest BCUT2D eigenvalue weighted by molar-refractivity contribution is -0.125. The average Bonchev–Trinajstić information content (AvgIpc) is 3.64. The van der Waals surface area contributed by atoms with Crippen LogP contribution in [0, 0.1) is 11.8 Å². The molecule has 1 saturated heterocycles. The first-order chi connectivity index (χ1) is 17.5. The summed E-state index contributed by atoms with van der Waals surface area (Å²) in [5, 5.41) is 6.53. The fourth-order valence-corrected chi connectivity index (χ4v) is 4.56. The average molecular weight is 520 g/mol. The number of carbonyl (C=O) groups is 2. The normalized spacial score (nSPS) is 24.2. The predicted octanol–water partition coefficient (Wildman–Crippen LogP) is 3.52. The predicted molar refractivity (Wildman–Crippen MR) is 134 cm³/mol. The first kappa shape index (κ1) is 26.6. The Labute approximate surface area is 211 Å². The lowest BCUT2D eigenvalue weighted by Gasteiger charge is -2.33. The zero-order valence-corrected chi connectivity index (χ0v) is 20.3. The third-order valence-electron chi connectivity index (χ3n) is 6.78. The Morgan fingerprint density at radius 3 is 2.68 bits per heavy atom. The van der Waals surface area contributed by atoms with Gasteiger partial charge in [-0.3, -0.25) is 9.59 Å². The minimum atomic E-state index is -4.70. The molecule has 37 heavy (non-hydrogen) atoms. The maximum Gasteiger partial charge on any atom is 0.417 e. The number of alkyl halides is 4. The number of likely N-dealkylation sites (tertiary alicyclic amines) is 1. The Balaban J connectivity index is 1.60. The zero-order chi connectivity index (χ0) is 26.9. The maximum atomic E-state index is 14.7. The number of halogens is 4. The van der Waals surface area contributed by atoms with Gasteiger partial charge in [-0.2, -0.15) is 13.2 Å². The molecule has 2 fully saturated rings. The van der Waals surface area contributed by atoms with Crippen LogP contribution in [0.1, 0.15) is 24.2 Å². The molecule has 7 nitrogen and oxygen atoms in total. The smallest absolute Gasteiger partial charge is 0.379 e. The molecule has 2 heterocycles. The second kappa shape index (κ2) is 10.5. The summed E-state index contributed by atoms with van der Waals surface area (Å²) in [4.78, 5) is 29.3. The van der Waals surface area contributed by atoms with E-state index in [4.69, 9.17) is 5.73 Å². The number of fused-ring (bicyclic) bond motifs is 1. The quantitative estimate of drug-likeness (QED) is 0.464.